The molecule has 0 bridgehead atoms. The highest BCUT2D eigenvalue weighted by atomic mass is 16.4. The molecule has 2 rings (SSSR count). The Balaban J connectivity index is 2.31. The second-order valence-corrected chi connectivity index (χ2v) is 21.5. The monoisotopic (exact) mass is 1180 g/mol. The lowest BCUT2D eigenvalue weighted by atomic mass is 9.84. The number of nitrogens with one attached hydrogen (secondary N) is 9. The van der Waals surface area contributed by atoms with Gasteiger partial charge in [-0.15, -0.1) is 0 Å². The Kier molecular flexibility index (Phi) is 31.6. The van der Waals surface area contributed by atoms with Gasteiger partial charge in [0.2, 0.25) is 53.2 Å². The number of aliphatic hydroxyl groups excluding tert-OH is 2. The van der Waals surface area contributed by atoms with Crippen LogP contribution in [0.2, 0.25) is 0 Å². The van der Waals surface area contributed by atoms with Crippen LogP contribution in [0.3, 0.4) is 0 Å². The molecule has 1 saturated carbocycles. The van der Waals surface area contributed by atoms with Crippen LogP contribution in [0.25, 0.3) is 0 Å². The van der Waals surface area contributed by atoms with Crippen molar-refractivity contribution in [1.29, 1.82) is 0 Å². The van der Waals surface area contributed by atoms with Gasteiger partial charge in [-0.1, -0.05) is 66.2 Å². The summed E-state index contributed by atoms with van der Waals surface area (Å²) >= 11 is 0. The van der Waals surface area contributed by atoms with Crippen LogP contribution in [-0.2, 0) is 54.4 Å². The summed E-state index contributed by atoms with van der Waals surface area (Å²) in [6, 6.07) is -11.0. The number of hydrogen-bond acceptors (Lipinski definition) is 16. The summed E-state index contributed by atoms with van der Waals surface area (Å²) in [5.74, 6) is -9.95. The summed E-state index contributed by atoms with van der Waals surface area (Å²) in [6.07, 6.45) is 4.77. The number of rotatable bonds is 37. The first kappa shape index (κ1) is 71.4. The fourth-order valence-corrected chi connectivity index (χ4v) is 8.99. The van der Waals surface area contributed by atoms with Gasteiger partial charge >= 0.3 is 5.97 Å². The van der Waals surface area contributed by atoms with Crippen molar-refractivity contribution < 1.29 is 63.3 Å². The zero-order valence-electron chi connectivity index (χ0n) is 48.8. The van der Waals surface area contributed by atoms with Gasteiger partial charge in [-0.2, -0.15) is 0 Å². The first-order chi connectivity index (χ1) is 39.0. The number of aliphatic hydroxyl groups is 2. The molecular formula is C52H92N18O13. The molecule has 9 amide bonds. The molecule has 468 valence electrons. The summed E-state index contributed by atoms with van der Waals surface area (Å²) in [5.41, 5.74) is 28.0. The van der Waals surface area contributed by atoms with Gasteiger partial charge in [-0.3, -0.25) is 57.9 Å². The van der Waals surface area contributed by atoms with E-state index in [1.807, 2.05) is 0 Å². The van der Waals surface area contributed by atoms with Gasteiger partial charge in [0.05, 0.1) is 31.1 Å². The van der Waals surface area contributed by atoms with Gasteiger partial charge in [0, 0.05) is 37.9 Å². The van der Waals surface area contributed by atoms with Crippen molar-refractivity contribution in [3.05, 3.63) is 18.2 Å². The van der Waals surface area contributed by atoms with Crippen molar-refractivity contribution in [2.45, 2.75) is 186 Å². The van der Waals surface area contributed by atoms with Gasteiger partial charge in [-0.25, -0.2) is 4.98 Å². The first-order valence-corrected chi connectivity index (χ1v) is 28.1. The van der Waals surface area contributed by atoms with E-state index in [4.69, 9.17) is 28.7 Å². The van der Waals surface area contributed by atoms with Crippen molar-refractivity contribution in [1.82, 2.24) is 57.4 Å². The Morgan fingerprint density at radius 1 is 0.675 bits per heavy atom. The molecule has 31 nitrogen and oxygen atoms in total. The zero-order chi connectivity index (χ0) is 62.5. The highest BCUT2D eigenvalue weighted by Crippen LogP contribution is 2.27. The standard InChI is InChI=1S/C52H92N18O13/c1-8-28(4)40(50(83)70(24-27(2)3)25-39(74)75)67-45(78)35(17-13-19-60-52(56)57)64-38(73)23-61-48(81)41(30(6)71)69-49(82)42(31(7)72)68-47(80)37(21-33-22-58-26-62-33)66-46(79)36(20-32-14-10-9-11-15-32)65-43(76)29(5)63-44(77)34(53)16-12-18-59-51(54)55/h22,26-32,34-37,40-42,71-72H,8-21,23-25,53H2,1-7H3,(H,58,62)(H,61,81)(H,63,77)(H,64,73)(H,65,76)(H,66,79)(H,67,78)(H,68,80)(H,69,82)(H,74,75)(H4,54,55,59)(H4,56,57,60)/t28?,29-,30+,31+,34-,35+,36-,37-,40-,41-,42-/m0/s1. The third kappa shape index (κ3) is 26.9. The number of guanidine groups is 2. The van der Waals surface area contributed by atoms with E-state index in [-0.39, 0.29) is 75.5 Å². The largest absolute Gasteiger partial charge is 0.480 e. The number of carbonyl (C=O) groups is 10. The molecule has 0 radical (unpaired) electrons. The maximum absolute atomic E-state index is 14.3. The molecule has 22 N–H and O–H groups in total. The van der Waals surface area contributed by atoms with Gasteiger partial charge in [0.25, 0.3) is 0 Å². The molecule has 1 aromatic heterocycles. The molecule has 0 aromatic carbocycles. The first-order valence-electron chi connectivity index (χ1n) is 28.1. The number of amides is 9. The van der Waals surface area contributed by atoms with Crippen LogP contribution < -0.4 is 71.2 Å². The van der Waals surface area contributed by atoms with Crippen LogP contribution in [0.5, 0.6) is 0 Å². The van der Waals surface area contributed by atoms with Crippen molar-refractivity contribution in [2.24, 2.45) is 56.4 Å². The van der Waals surface area contributed by atoms with Crippen LogP contribution in [0.1, 0.15) is 125 Å². The minimum absolute atomic E-state index is 0.0162. The number of H-pyrrole nitrogens is 1. The van der Waals surface area contributed by atoms with Crippen LogP contribution in [0.15, 0.2) is 22.5 Å². The maximum atomic E-state index is 14.3. The number of nitrogens with zero attached hydrogens (tertiary/aromatic N) is 4. The van der Waals surface area contributed by atoms with Crippen molar-refractivity contribution in [3.63, 3.8) is 0 Å². The van der Waals surface area contributed by atoms with E-state index < -0.39 is 139 Å². The number of carbonyl (C=O) groups excluding carboxylic acids is 9. The minimum atomic E-state index is -1.83. The lowest BCUT2D eigenvalue weighted by Gasteiger charge is -2.32. The number of nitrogens with two attached hydrogens (primary N) is 5. The Labute approximate surface area is 483 Å². The number of aromatic amines is 1. The molecule has 83 heavy (non-hydrogen) atoms. The second kappa shape index (κ2) is 36.7. The topological polar surface area (TPSA) is 514 Å². The summed E-state index contributed by atoms with van der Waals surface area (Å²) < 4.78 is 0. The minimum Gasteiger partial charge on any atom is -0.480 e. The van der Waals surface area contributed by atoms with Crippen molar-refractivity contribution >= 4 is 71.1 Å². The number of carboxylic acid groups (broad SMARTS) is 1. The summed E-state index contributed by atoms with van der Waals surface area (Å²) in [6.45, 7) is 9.72. The van der Waals surface area contributed by atoms with E-state index in [2.05, 4.69) is 62.5 Å². The van der Waals surface area contributed by atoms with Crippen molar-refractivity contribution in [2.75, 3.05) is 32.7 Å². The number of carboxylic acids is 1. The number of aliphatic imine (C=N–C) groups is 2. The zero-order valence-corrected chi connectivity index (χ0v) is 48.8. The number of imidazole rings is 1. The molecule has 1 heterocycles. The maximum Gasteiger partial charge on any atom is 0.323 e. The predicted molar refractivity (Wildman–Crippen MR) is 305 cm³/mol. The molecule has 1 aliphatic carbocycles. The summed E-state index contributed by atoms with van der Waals surface area (Å²) in [4.78, 5) is 151. The second-order valence-electron chi connectivity index (χ2n) is 21.5. The van der Waals surface area contributed by atoms with Gasteiger partial charge in [0.15, 0.2) is 11.9 Å². The SMILES string of the molecule is CCC(C)[C@H](NC(=O)[C@@H](CCCN=C(N)N)NC(=O)CNC(=O)[C@@H](NC(=O)[C@@H](NC(=O)[C@H](Cc1cnc[nH]1)NC(=O)[C@H](CC1CCCCC1)NC(=O)[C@H](C)NC(=O)[C@@H](N)CCCN=C(N)N)[C@@H](C)O)[C@@H](C)O)C(=O)N(CC(=O)O)CC(C)C. The average molecular weight is 1180 g/mol. The van der Waals surface area contributed by atoms with Gasteiger partial charge < -0.3 is 96.4 Å². The molecule has 0 spiro atoms. The lowest BCUT2D eigenvalue weighted by Crippen LogP contribution is -2.62. The predicted octanol–water partition coefficient (Wildman–Crippen LogP) is -4.74. The van der Waals surface area contributed by atoms with E-state index in [9.17, 15) is 63.3 Å². The summed E-state index contributed by atoms with van der Waals surface area (Å²) in [5, 5.41) is 51.3. The molecule has 0 saturated heterocycles. The van der Waals surface area contributed by atoms with E-state index in [1.54, 1.807) is 27.7 Å². The third-order valence-corrected chi connectivity index (χ3v) is 13.7. The van der Waals surface area contributed by atoms with Crippen LogP contribution in [-0.4, -0.2) is 195 Å². The molecule has 1 fully saturated rings. The third-order valence-electron chi connectivity index (χ3n) is 13.7. The normalized spacial score (nSPS) is 16.4. The van der Waals surface area contributed by atoms with Gasteiger partial charge in [-0.05, 0) is 70.6 Å². The highest BCUT2D eigenvalue weighted by molar-refractivity contribution is 5.98. The van der Waals surface area contributed by atoms with E-state index in [0.29, 0.717) is 18.5 Å². The van der Waals surface area contributed by atoms with Crippen molar-refractivity contribution in [3.8, 4) is 0 Å². The molecule has 1 aliphatic rings. The lowest BCUT2D eigenvalue weighted by molar-refractivity contribution is -0.147. The molecule has 1 aromatic rings. The molecular weight excluding hydrogens is 1080 g/mol. The quantitative estimate of drug-likeness (QED) is 0.0169. The Hall–Kier alpha value is -7.67. The summed E-state index contributed by atoms with van der Waals surface area (Å²) in [7, 11) is 0. The molecule has 11 atom stereocenters. The number of hydrogen-bond donors (Lipinski definition) is 17. The number of aliphatic carboxylic acids is 1. The molecule has 31 heteroatoms. The molecule has 0 aliphatic heterocycles. The van der Waals surface area contributed by atoms with Crippen LogP contribution in [0.4, 0.5) is 0 Å². The highest BCUT2D eigenvalue weighted by Gasteiger charge is 2.38. The molecule has 1 unspecified atom stereocenters. The fraction of sp³-hybridized carbons (Fsp3) is 0.712. The van der Waals surface area contributed by atoms with Crippen LogP contribution in [0, 0.1) is 17.8 Å². The van der Waals surface area contributed by atoms with E-state index in [0.717, 1.165) is 50.9 Å². The smallest absolute Gasteiger partial charge is 0.323 e. The Morgan fingerprint density at radius 3 is 1.76 bits per heavy atom. The number of aromatic nitrogens is 2. The van der Waals surface area contributed by atoms with Crippen LogP contribution >= 0.6 is 0 Å². The van der Waals surface area contributed by atoms with E-state index in [1.165, 1.54) is 19.4 Å². The average Bonchev–Trinajstić information content (AvgIpc) is 3.99. The van der Waals surface area contributed by atoms with Gasteiger partial charge in [0.1, 0.15) is 48.8 Å². The Morgan fingerprint density at radius 2 is 1.22 bits per heavy atom. The Bertz CT molecular complexity index is 2340. The van der Waals surface area contributed by atoms with E-state index >= 15 is 0 Å². The fourth-order valence-electron chi connectivity index (χ4n) is 8.99.